The molecule has 0 saturated heterocycles. The average molecular weight is 502 g/mol. The number of amides is 1. The van der Waals surface area contributed by atoms with E-state index in [9.17, 15) is 9.18 Å². The van der Waals surface area contributed by atoms with Gasteiger partial charge >= 0.3 is 0 Å². The predicted octanol–water partition coefficient (Wildman–Crippen LogP) is 5.76. The quantitative estimate of drug-likeness (QED) is 0.394. The molecule has 10 heteroatoms. The lowest BCUT2D eigenvalue weighted by molar-refractivity contribution is 0.0980. The van der Waals surface area contributed by atoms with Crippen molar-refractivity contribution < 1.29 is 18.7 Å². The zero-order valence-electron chi connectivity index (χ0n) is 18.2. The number of carbonyl (C=O) groups excluding carboxylic acids is 1. The number of anilines is 1. The maximum absolute atomic E-state index is 14.4. The number of pyridine rings is 1. The van der Waals surface area contributed by atoms with E-state index in [0.29, 0.717) is 17.4 Å². The van der Waals surface area contributed by atoms with Crippen LogP contribution in [-0.4, -0.2) is 42.4 Å². The molecule has 0 spiro atoms. The van der Waals surface area contributed by atoms with Crippen molar-refractivity contribution >= 4 is 46.7 Å². The van der Waals surface area contributed by atoms with Crippen molar-refractivity contribution in [3.8, 4) is 11.6 Å². The molecule has 1 heterocycles. The third-order valence-electron chi connectivity index (χ3n) is 5.07. The second-order valence-electron chi connectivity index (χ2n) is 7.35. The van der Waals surface area contributed by atoms with Gasteiger partial charge in [-0.15, -0.1) is 0 Å². The molecule has 1 N–H and O–H groups in total. The van der Waals surface area contributed by atoms with Gasteiger partial charge in [-0.2, -0.15) is 0 Å². The zero-order valence-corrected chi connectivity index (χ0v) is 20.5. The third-order valence-corrected chi connectivity index (χ3v) is 6.03. The van der Waals surface area contributed by atoms with Gasteiger partial charge in [0.15, 0.2) is 0 Å². The molecule has 1 aromatic carbocycles. The summed E-state index contributed by atoms with van der Waals surface area (Å²) in [4.78, 5) is 18.4. The SMILES string of the molecule is CCC(COc1cc(F)c(C(=O)NSC)cc1Cl)N(CC)c1cnc(OC2CC2)c(Cl)c1. The monoisotopic (exact) mass is 501 g/mol. The number of nitrogens with zero attached hydrogens (tertiary/aromatic N) is 2. The van der Waals surface area contributed by atoms with Crippen molar-refractivity contribution in [2.75, 3.05) is 24.3 Å². The minimum absolute atomic E-state index is 0.0355. The number of carbonyl (C=O) groups is 1. The molecule has 0 bridgehead atoms. The van der Waals surface area contributed by atoms with Crippen LogP contribution in [0.4, 0.5) is 10.1 Å². The van der Waals surface area contributed by atoms with Gasteiger partial charge in [-0.25, -0.2) is 9.37 Å². The molecule has 1 fully saturated rings. The van der Waals surface area contributed by atoms with Crippen LogP contribution in [0.15, 0.2) is 24.4 Å². The summed E-state index contributed by atoms with van der Waals surface area (Å²) < 4.78 is 28.5. The van der Waals surface area contributed by atoms with Gasteiger partial charge in [0.1, 0.15) is 29.3 Å². The summed E-state index contributed by atoms with van der Waals surface area (Å²) >= 11 is 13.7. The minimum atomic E-state index is -0.696. The van der Waals surface area contributed by atoms with Crippen molar-refractivity contribution in [2.45, 2.75) is 45.3 Å². The van der Waals surface area contributed by atoms with E-state index in [1.165, 1.54) is 6.07 Å². The highest BCUT2D eigenvalue weighted by Gasteiger charge is 2.26. The summed E-state index contributed by atoms with van der Waals surface area (Å²) in [6.45, 7) is 5.02. The average Bonchev–Trinajstić information content (AvgIpc) is 3.59. The fourth-order valence-electron chi connectivity index (χ4n) is 3.23. The topological polar surface area (TPSA) is 63.7 Å². The number of ether oxygens (including phenoxy) is 2. The van der Waals surface area contributed by atoms with Crippen LogP contribution in [0, 0.1) is 5.82 Å². The van der Waals surface area contributed by atoms with Gasteiger partial charge < -0.3 is 14.4 Å². The van der Waals surface area contributed by atoms with Crippen LogP contribution in [0.2, 0.25) is 10.0 Å². The van der Waals surface area contributed by atoms with Gasteiger partial charge in [-0.3, -0.25) is 9.52 Å². The van der Waals surface area contributed by atoms with Crippen molar-refractivity contribution in [2.24, 2.45) is 0 Å². The van der Waals surface area contributed by atoms with E-state index in [-0.39, 0.29) is 35.1 Å². The summed E-state index contributed by atoms with van der Waals surface area (Å²) in [5, 5.41) is 0.634. The first-order valence-corrected chi connectivity index (χ1v) is 12.4. The molecule has 1 unspecified atom stereocenters. The van der Waals surface area contributed by atoms with E-state index in [1.807, 2.05) is 19.9 Å². The molecule has 0 aliphatic heterocycles. The second-order valence-corrected chi connectivity index (χ2v) is 8.78. The summed E-state index contributed by atoms with van der Waals surface area (Å²) in [5.74, 6) is -0.612. The van der Waals surface area contributed by atoms with Crippen molar-refractivity contribution in [3.05, 3.63) is 45.8 Å². The van der Waals surface area contributed by atoms with E-state index >= 15 is 0 Å². The first-order valence-electron chi connectivity index (χ1n) is 10.4. The first-order chi connectivity index (χ1) is 15.4. The number of benzene rings is 1. The standard InChI is InChI=1S/C22H26Cl2FN3O3S/c1-4-13(12-30-20-10-19(25)16(9-17(20)23)21(29)27-32-3)28(5-2)14-8-18(24)22(26-11-14)31-15-6-7-15/h8-11,13,15H,4-7,12H2,1-3H3,(H,27,29). The van der Waals surface area contributed by atoms with Gasteiger partial charge in [0.2, 0.25) is 5.88 Å². The number of hydrogen-bond acceptors (Lipinski definition) is 6. The highest BCUT2D eigenvalue weighted by atomic mass is 35.5. The Hall–Kier alpha value is -1.90. The number of nitrogens with one attached hydrogen (secondary N) is 1. The Labute approximate surface area is 201 Å². The Morgan fingerprint density at radius 3 is 2.66 bits per heavy atom. The molecule has 1 aliphatic carbocycles. The number of aromatic nitrogens is 1. The molecular formula is C22H26Cl2FN3O3S. The summed E-state index contributed by atoms with van der Waals surface area (Å²) in [7, 11) is 0. The number of likely N-dealkylation sites (N-methyl/N-ethyl adjacent to an activating group) is 1. The Balaban J connectivity index is 1.71. The molecule has 1 aromatic heterocycles. The molecule has 0 radical (unpaired) electrons. The van der Waals surface area contributed by atoms with Gasteiger partial charge in [0.25, 0.3) is 5.91 Å². The fourth-order valence-corrected chi connectivity index (χ4v) is 3.95. The first kappa shape index (κ1) is 24.7. The lowest BCUT2D eigenvalue weighted by Gasteiger charge is -2.32. The lowest BCUT2D eigenvalue weighted by atomic mass is 10.1. The van der Waals surface area contributed by atoms with Gasteiger partial charge in [-0.05, 0) is 38.3 Å². The van der Waals surface area contributed by atoms with Crippen LogP contribution < -0.4 is 19.1 Å². The minimum Gasteiger partial charge on any atom is -0.490 e. The zero-order chi connectivity index (χ0) is 23.3. The molecule has 1 atom stereocenters. The van der Waals surface area contributed by atoms with E-state index in [1.54, 1.807) is 12.5 Å². The van der Waals surface area contributed by atoms with Crippen molar-refractivity contribution in [3.63, 3.8) is 0 Å². The number of halogens is 3. The van der Waals surface area contributed by atoms with E-state index in [0.717, 1.165) is 43.0 Å². The van der Waals surface area contributed by atoms with Crippen LogP contribution in [0.25, 0.3) is 0 Å². The maximum Gasteiger partial charge on any atom is 0.264 e. The Morgan fingerprint density at radius 2 is 2.06 bits per heavy atom. The molecule has 1 saturated carbocycles. The molecule has 3 rings (SSSR count). The smallest absolute Gasteiger partial charge is 0.264 e. The third kappa shape index (κ3) is 6.11. The predicted molar refractivity (Wildman–Crippen MR) is 128 cm³/mol. The van der Waals surface area contributed by atoms with E-state index in [4.69, 9.17) is 32.7 Å². The van der Waals surface area contributed by atoms with Crippen LogP contribution in [0.5, 0.6) is 11.6 Å². The van der Waals surface area contributed by atoms with Crippen LogP contribution >= 0.6 is 35.1 Å². The normalized spacial score (nSPS) is 14.1. The van der Waals surface area contributed by atoms with Crippen LogP contribution in [0.1, 0.15) is 43.5 Å². The molecular weight excluding hydrogens is 476 g/mol. The fraction of sp³-hybridized carbons (Fsp3) is 0.455. The van der Waals surface area contributed by atoms with Gasteiger partial charge in [0, 0.05) is 18.9 Å². The molecule has 1 amide bonds. The Kier molecular flexibility index (Phi) is 8.73. The summed E-state index contributed by atoms with van der Waals surface area (Å²) in [6.07, 6.45) is 6.45. The van der Waals surface area contributed by atoms with Gasteiger partial charge in [-0.1, -0.05) is 42.1 Å². The molecule has 32 heavy (non-hydrogen) atoms. The molecule has 2 aromatic rings. The van der Waals surface area contributed by atoms with Crippen molar-refractivity contribution in [1.82, 2.24) is 9.71 Å². The van der Waals surface area contributed by atoms with E-state index < -0.39 is 11.7 Å². The molecule has 1 aliphatic rings. The number of hydrogen-bond donors (Lipinski definition) is 1. The summed E-state index contributed by atoms with van der Waals surface area (Å²) in [5.41, 5.74) is 0.714. The highest BCUT2D eigenvalue weighted by molar-refractivity contribution is 7.97. The summed E-state index contributed by atoms with van der Waals surface area (Å²) in [6, 6.07) is 4.22. The van der Waals surface area contributed by atoms with Crippen LogP contribution in [0.3, 0.4) is 0 Å². The largest absolute Gasteiger partial charge is 0.490 e. The maximum atomic E-state index is 14.4. The second kappa shape index (κ2) is 11.3. The Morgan fingerprint density at radius 1 is 1.31 bits per heavy atom. The lowest BCUT2D eigenvalue weighted by Crippen LogP contribution is -2.39. The van der Waals surface area contributed by atoms with Gasteiger partial charge in [0.05, 0.1) is 28.5 Å². The highest BCUT2D eigenvalue weighted by Crippen LogP contribution is 2.33. The van der Waals surface area contributed by atoms with Crippen molar-refractivity contribution in [1.29, 1.82) is 0 Å². The molecule has 6 nitrogen and oxygen atoms in total. The van der Waals surface area contributed by atoms with E-state index in [2.05, 4.69) is 14.6 Å². The Bertz CT molecular complexity index is 962. The molecule has 174 valence electrons. The number of rotatable bonds is 11. The van der Waals surface area contributed by atoms with Crippen LogP contribution in [-0.2, 0) is 0 Å².